The first kappa shape index (κ1) is 72.1. The first-order chi connectivity index (χ1) is 45.9. The molecule has 1 saturated carbocycles. The highest BCUT2D eigenvalue weighted by molar-refractivity contribution is 7.93. The molecule has 0 aromatic heterocycles. The van der Waals surface area contributed by atoms with E-state index < -0.39 is 40.1 Å². The fourth-order valence-corrected chi connectivity index (χ4v) is 15.8. The largest absolute Gasteiger partial charge is 0.508 e. The topological polar surface area (TPSA) is 266 Å². The van der Waals surface area contributed by atoms with Gasteiger partial charge in [-0.1, -0.05) is 204 Å². The highest BCUT2D eigenvalue weighted by Crippen LogP contribution is 2.37. The summed E-state index contributed by atoms with van der Waals surface area (Å²) in [6, 6.07) is 70.0. The average molecular weight is 1450 g/mol. The molecule has 0 spiro atoms. The Kier molecular flexibility index (Phi) is 24.5. The van der Waals surface area contributed by atoms with E-state index in [0.717, 1.165) is 81.5 Å². The summed E-state index contributed by atoms with van der Waals surface area (Å²) in [5, 5.41) is 40.9. The second-order valence-corrected chi connectivity index (χ2v) is 30.7. The number of aliphatic hydroxyl groups excluding tert-OH is 1. The van der Waals surface area contributed by atoms with Crippen molar-refractivity contribution in [2.45, 2.75) is 64.1 Å². The van der Waals surface area contributed by atoms with Gasteiger partial charge in [-0.3, -0.25) is 9.44 Å². The molecule has 11 aromatic carbocycles. The second-order valence-electron chi connectivity index (χ2n) is 22.3. The van der Waals surface area contributed by atoms with Crippen molar-refractivity contribution in [2.75, 3.05) is 22.6 Å². The van der Waals surface area contributed by atoms with Crippen LogP contribution in [0.2, 0.25) is 20.1 Å². The van der Waals surface area contributed by atoms with E-state index in [1.165, 1.54) is 42.5 Å². The minimum atomic E-state index is -3.81. The lowest BCUT2D eigenvalue weighted by atomic mass is 9.85. The summed E-state index contributed by atoms with van der Waals surface area (Å²) in [4.78, 5) is 0.801. The highest BCUT2D eigenvalue weighted by Gasteiger charge is 2.26. The monoisotopic (exact) mass is 1450 g/mol. The van der Waals surface area contributed by atoms with Gasteiger partial charge in [0.1, 0.15) is 5.75 Å². The van der Waals surface area contributed by atoms with Crippen LogP contribution in [-0.2, 0) is 46.5 Å². The molecule has 24 heteroatoms. The number of nitrogens with one attached hydrogen (secondary N) is 4. The molecule has 0 heterocycles. The summed E-state index contributed by atoms with van der Waals surface area (Å²) in [6.45, 7) is 0.520. The molecule has 1 fully saturated rings. The Balaban J connectivity index is 0.000000150. The molecule has 498 valence electrons. The quantitative estimate of drug-likeness (QED) is 0.0373. The van der Waals surface area contributed by atoms with Crippen LogP contribution in [0.3, 0.4) is 0 Å². The van der Waals surface area contributed by atoms with Gasteiger partial charge in [-0.15, -0.1) is 0 Å². The van der Waals surface area contributed by atoms with Gasteiger partial charge in [0.2, 0.25) is 20.0 Å². The predicted molar refractivity (Wildman–Crippen MR) is 384 cm³/mol. The van der Waals surface area contributed by atoms with Crippen molar-refractivity contribution in [1.82, 2.24) is 9.44 Å². The number of anilines is 2. The zero-order chi connectivity index (χ0) is 68.6. The Morgan fingerprint density at radius 2 is 0.740 bits per heavy atom. The standard InChI is InChI=1S/C20H19NO3S.C18H13Cl2NO3S.C18H23NO3S.C16H11Cl2NO3S/c22-19-10-6-16(7-11-19)14-15-21-25(23,24)20-12-8-18(9-13-20)17-4-2-1-3-5-17;19-16-10-14(11-17(20)18(16)22)21-25(23,24)15-8-6-13(7-9-15)12-4-2-1-3-5-12;20-12-11-14-5-8-17(9-6-14)19-23(21,22)18-10-7-15-3-1-2-4-16(15)13-18;17-14-8-12(9-15(18)16(14)20)19-23(21,22)13-6-5-10-3-1-2-4-11(10)7-13/h1-13,21-22H,14-15H2;1-11,21-22H;1-4,7,10,13-14,17,19-20H,5-6,8-9,11-12H2;1-9,19-20H. The molecular formula is C72H66Cl4N4O12S4. The Hall–Kier alpha value is -8.22. The lowest BCUT2D eigenvalue weighted by Crippen LogP contribution is -2.37. The van der Waals surface area contributed by atoms with Crippen LogP contribution in [-0.4, -0.2) is 73.3 Å². The molecule has 96 heavy (non-hydrogen) atoms. The molecule has 11 aromatic rings. The molecule has 0 amide bonds. The fourth-order valence-electron chi connectivity index (χ4n) is 10.4. The average Bonchev–Trinajstić information content (AvgIpc) is 0.855. The Morgan fingerprint density at radius 1 is 0.375 bits per heavy atom. The maximum atomic E-state index is 12.6. The molecule has 0 saturated heterocycles. The van der Waals surface area contributed by atoms with E-state index in [0.29, 0.717) is 23.8 Å². The zero-order valence-corrected chi connectivity index (χ0v) is 57.4. The smallest absolute Gasteiger partial charge is 0.261 e. The van der Waals surface area contributed by atoms with Crippen molar-refractivity contribution in [2.24, 2.45) is 5.92 Å². The first-order valence-electron chi connectivity index (χ1n) is 30.0. The van der Waals surface area contributed by atoms with E-state index in [1.807, 2.05) is 127 Å². The number of fused-ring (bicyclic) bond motifs is 2. The minimum Gasteiger partial charge on any atom is -0.508 e. The Bertz CT molecular complexity index is 4900. The van der Waals surface area contributed by atoms with E-state index >= 15 is 0 Å². The van der Waals surface area contributed by atoms with Crippen LogP contribution in [0.15, 0.2) is 262 Å². The second kappa shape index (κ2) is 32.7. The first-order valence-corrected chi connectivity index (χ1v) is 37.4. The van der Waals surface area contributed by atoms with Crippen LogP contribution in [0.4, 0.5) is 11.4 Å². The summed E-state index contributed by atoms with van der Waals surface area (Å²) in [5.74, 6) is 0.143. The number of phenolic OH excluding ortho intramolecular Hbond substituents is 3. The summed E-state index contributed by atoms with van der Waals surface area (Å²) in [7, 11) is -14.6. The summed E-state index contributed by atoms with van der Waals surface area (Å²) in [6.07, 6.45) is 5.03. The molecule has 0 radical (unpaired) electrons. The minimum absolute atomic E-state index is 0.00131. The normalized spacial score (nSPS) is 14.0. The molecule has 1 aliphatic carbocycles. The third-order valence-corrected chi connectivity index (χ3v) is 22.4. The molecular weight excluding hydrogens is 1380 g/mol. The molecule has 16 nitrogen and oxygen atoms in total. The maximum absolute atomic E-state index is 12.6. The number of hydrogen-bond donors (Lipinski definition) is 8. The third-order valence-electron chi connectivity index (χ3n) is 15.5. The van der Waals surface area contributed by atoms with E-state index in [9.17, 15) is 49.0 Å². The highest BCUT2D eigenvalue weighted by atomic mass is 35.5. The molecule has 0 unspecified atom stereocenters. The van der Waals surface area contributed by atoms with Crippen molar-refractivity contribution >= 4 is 119 Å². The number of phenols is 3. The van der Waals surface area contributed by atoms with Gasteiger partial charge < -0.3 is 20.4 Å². The van der Waals surface area contributed by atoms with Crippen LogP contribution >= 0.6 is 46.4 Å². The number of halogens is 4. The number of benzene rings is 11. The molecule has 1 aliphatic rings. The van der Waals surface area contributed by atoms with Crippen LogP contribution in [0, 0.1) is 5.92 Å². The maximum Gasteiger partial charge on any atom is 0.261 e. The number of sulfonamides is 4. The zero-order valence-electron chi connectivity index (χ0n) is 51.1. The number of aromatic hydroxyl groups is 3. The van der Waals surface area contributed by atoms with Gasteiger partial charge >= 0.3 is 0 Å². The number of aliphatic hydroxyl groups is 1. The molecule has 0 aliphatic heterocycles. The van der Waals surface area contributed by atoms with E-state index in [1.54, 1.807) is 72.8 Å². The third kappa shape index (κ3) is 19.7. The van der Waals surface area contributed by atoms with Crippen molar-refractivity contribution in [1.29, 1.82) is 0 Å². The van der Waals surface area contributed by atoms with Crippen LogP contribution in [0.1, 0.15) is 37.7 Å². The van der Waals surface area contributed by atoms with Crippen molar-refractivity contribution in [3.63, 3.8) is 0 Å². The van der Waals surface area contributed by atoms with Crippen molar-refractivity contribution < 1.29 is 54.1 Å². The Labute approximate surface area is 579 Å². The van der Waals surface area contributed by atoms with Crippen molar-refractivity contribution in [3.8, 4) is 39.5 Å². The van der Waals surface area contributed by atoms with Crippen molar-refractivity contribution in [3.05, 3.63) is 268 Å². The summed E-state index contributed by atoms with van der Waals surface area (Å²) >= 11 is 23.2. The van der Waals surface area contributed by atoms with E-state index in [-0.39, 0.29) is 76.0 Å². The number of rotatable bonds is 18. The summed E-state index contributed by atoms with van der Waals surface area (Å²) < 4.78 is 110. The summed E-state index contributed by atoms with van der Waals surface area (Å²) in [5.41, 5.74) is 5.23. The molecule has 0 atom stereocenters. The van der Waals surface area contributed by atoms with Gasteiger partial charge in [-0.2, -0.15) is 0 Å². The molecule has 12 rings (SSSR count). The van der Waals surface area contributed by atoms with Crippen LogP contribution in [0.25, 0.3) is 43.8 Å². The van der Waals surface area contributed by atoms with Gasteiger partial charge in [-0.25, -0.2) is 43.1 Å². The lowest BCUT2D eigenvalue weighted by Gasteiger charge is -2.28. The lowest BCUT2D eigenvalue weighted by molar-refractivity contribution is 0.219. The SMILES string of the molecule is O=S(=O)(NC1CCC(CCO)CC1)c1ccc2ccccc2c1.O=S(=O)(NCCc1ccc(O)cc1)c1ccc(-c2ccccc2)cc1.O=S(=O)(Nc1cc(Cl)c(O)c(Cl)c1)c1ccc(-c2ccccc2)cc1.O=S(=O)(Nc1cc(Cl)c(O)c(Cl)c1)c1ccc2ccccc2c1. The molecule has 0 bridgehead atoms. The van der Waals surface area contributed by atoms with Gasteiger partial charge in [-0.05, 0) is 179 Å². The van der Waals surface area contributed by atoms with Gasteiger partial charge in [0, 0.05) is 19.2 Å². The van der Waals surface area contributed by atoms with E-state index in [4.69, 9.17) is 51.5 Å². The van der Waals surface area contributed by atoms with Gasteiger partial charge in [0.25, 0.3) is 20.0 Å². The molecule has 8 N–H and O–H groups in total. The number of hydrogen-bond acceptors (Lipinski definition) is 12. The van der Waals surface area contributed by atoms with E-state index in [2.05, 4.69) is 18.9 Å². The Morgan fingerprint density at radius 3 is 1.17 bits per heavy atom. The van der Waals surface area contributed by atoms with Crippen LogP contribution in [0.5, 0.6) is 17.2 Å². The fraction of sp³-hybridized carbons (Fsp3) is 0.139. The van der Waals surface area contributed by atoms with Gasteiger partial charge in [0.15, 0.2) is 11.5 Å². The van der Waals surface area contributed by atoms with Gasteiger partial charge in [0.05, 0.1) is 51.0 Å². The van der Waals surface area contributed by atoms with Crippen LogP contribution < -0.4 is 18.9 Å². The predicted octanol–water partition coefficient (Wildman–Crippen LogP) is 16.5.